The van der Waals surface area contributed by atoms with Crippen LogP contribution in [-0.4, -0.2) is 22.4 Å². The van der Waals surface area contributed by atoms with Crippen molar-refractivity contribution in [1.29, 1.82) is 0 Å². The summed E-state index contributed by atoms with van der Waals surface area (Å²) in [5.41, 5.74) is -0.282. The number of fused-ring (bicyclic) bond motifs is 1. The van der Waals surface area contributed by atoms with Crippen LogP contribution < -0.4 is 0 Å². The van der Waals surface area contributed by atoms with Crippen LogP contribution >= 0.6 is 0 Å². The summed E-state index contributed by atoms with van der Waals surface area (Å²) in [6.07, 6.45) is 1.16. The van der Waals surface area contributed by atoms with Gasteiger partial charge >= 0.3 is 5.66 Å². The molecule has 2 saturated heterocycles. The molecule has 0 bridgehead atoms. The fourth-order valence-corrected chi connectivity index (χ4v) is 2.55. The molecule has 2 aliphatic rings. The van der Waals surface area contributed by atoms with Crippen LogP contribution in [0, 0.1) is 10.1 Å². The zero-order chi connectivity index (χ0) is 12.6. The first kappa shape index (κ1) is 11.6. The highest BCUT2D eigenvalue weighted by atomic mass is 17.0. The zero-order valence-electron chi connectivity index (χ0n) is 9.82. The van der Waals surface area contributed by atoms with Gasteiger partial charge in [-0.1, -0.05) is 30.3 Å². The monoisotopic (exact) mass is 250 g/mol. The Balaban J connectivity index is 1.89. The van der Waals surface area contributed by atoms with Crippen molar-refractivity contribution in [3.05, 3.63) is 46.0 Å². The van der Waals surface area contributed by atoms with Gasteiger partial charge in [-0.15, -0.1) is 0 Å². The molecule has 0 saturated carbocycles. The van der Waals surface area contributed by atoms with E-state index in [1.54, 1.807) is 0 Å². The molecule has 0 aromatic heterocycles. The predicted octanol–water partition coefficient (Wildman–Crippen LogP) is 2.06. The van der Waals surface area contributed by atoms with Crippen molar-refractivity contribution in [3.63, 3.8) is 0 Å². The van der Waals surface area contributed by atoms with E-state index in [1.807, 2.05) is 30.3 Å². The van der Waals surface area contributed by atoms with Crippen molar-refractivity contribution in [1.82, 2.24) is 5.23 Å². The molecule has 0 unspecified atom stereocenters. The van der Waals surface area contributed by atoms with Gasteiger partial charge in [-0.25, -0.2) is 0 Å². The van der Waals surface area contributed by atoms with Gasteiger partial charge in [-0.2, -0.15) is 0 Å². The molecule has 3 rings (SSSR count). The molecule has 2 aliphatic heterocycles. The number of rotatable bonds is 2. The first-order chi connectivity index (χ1) is 8.72. The Bertz CT molecular complexity index is 453. The molecule has 0 radical (unpaired) electrons. The van der Waals surface area contributed by atoms with E-state index in [2.05, 4.69) is 0 Å². The third-order valence-electron chi connectivity index (χ3n) is 3.52. The molecule has 1 aromatic carbocycles. The second-order valence-electron chi connectivity index (χ2n) is 4.64. The number of hydroxylamine groups is 2. The highest BCUT2D eigenvalue weighted by molar-refractivity contribution is 5.18. The minimum absolute atomic E-state index is 0.283. The maximum atomic E-state index is 11.3. The van der Waals surface area contributed by atoms with Gasteiger partial charge in [-0.05, 0) is 12.0 Å². The SMILES string of the molecule is O=[N+]([O-])[C@@]12CCCON1O[C@@H](c1ccccc1)C2. The van der Waals surface area contributed by atoms with Crippen LogP contribution in [-0.2, 0) is 9.68 Å². The van der Waals surface area contributed by atoms with E-state index in [1.165, 1.54) is 0 Å². The van der Waals surface area contributed by atoms with Crippen LogP contribution in [0.3, 0.4) is 0 Å². The van der Waals surface area contributed by atoms with Crippen LogP contribution in [0.25, 0.3) is 0 Å². The van der Waals surface area contributed by atoms with Gasteiger partial charge in [0, 0.05) is 16.6 Å². The van der Waals surface area contributed by atoms with E-state index >= 15 is 0 Å². The minimum atomic E-state index is -1.22. The molecule has 6 heteroatoms. The summed E-state index contributed by atoms with van der Waals surface area (Å²) in [7, 11) is 0. The lowest BCUT2D eigenvalue weighted by molar-refractivity contribution is -0.656. The van der Waals surface area contributed by atoms with E-state index in [9.17, 15) is 10.1 Å². The molecule has 1 aromatic rings. The van der Waals surface area contributed by atoms with Gasteiger partial charge in [0.05, 0.1) is 13.0 Å². The first-order valence-corrected chi connectivity index (χ1v) is 6.02. The molecule has 2 heterocycles. The summed E-state index contributed by atoms with van der Waals surface area (Å²) in [5, 5.41) is 12.4. The van der Waals surface area contributed by atoms with Crippen LogP contribution in [0.15, 0.2) is 30.3 Å². The third-order valence-corrected chi connectivity index (χ3v) is 3.52. The summed E-state index contributed by atoms with van der Waals surface area (Å²) in [6, 6.07) is 9.53. The van der Waals surface area contributed by atoms with Crippen LogP contribution in [0.1, 0.15) is 30.9 Å². The Morgan fingerprint density at radius 1 is 1.39 bits per heavy atom. The molecule has 0 N–H and O–H groups in total. The fourth-order valence-electron chi connectivity index (χ4n) is 2.55. The Kier molecular flexibility index (Phi) is 2.77. The summed E-state index contributed by atoms with van der Waals surface area (Å²) >= 11 is 0. The topological polar surface area (TPSA) is 64.8 Å². The number of hydrogen-bond acceptors (Lipinski definition) is 5. The standard InChI is InChI=1S/C12H14N2O4/c15-13(16)12-7-4-8-17-14(12)18-11(9-12)10-5-2-1-3-6-10/h1-3,5-6,11H,4,7-9H2/t11-,12+/m1/s1. The predicted molar refractivity (Wildman–Crippen MR) is 61.6 cm³/mol. The van der Waals surface area contributed by atoms with Gasteiger partial charge in [0.25, 0.3) is 0 Å². The summed E-state index contributed by atoms with van der Waals surface area (Å²) in [6.45, 7) is 0.469. The number of benzene rings is 1. The zero-order valence-corrected chi connectivity index (χ0v) is 9.82. The van der Waals surface area contributed by atoms with Gasteiger partial charge < -0.3 is 0 Å². The van der Waals surface area contributed by atoms with Gasteiger partial charge in [-0.3, -0.25) is 19.8 Å². The Hall–Kier alpha value is -1.50. The lowest BCUT2D eigenvalue weighted by Gasteiger charge is -2.30. The first-order valence-electron chi connectivity index (χ1n) is 6.02. The van der Waals surface area contributed by atoms with Gasteiger partial charge in [0.2, 0.25) is 0 Å². The second kappa shape index (κ2) is 4.31. The normalized spacial score (nSPS) is 32.1. The maximum Gasteiger partial charge on any atom is 0.324 e. The minimum Gasteiger partial charge on any atom is -0.268 e. The number of nitrogens with zero attached hydrogens (tertiary/aromatic N) is 2. The van der Waals surface area contributed by atoms with Crippen molar-refractivity contribution in [2.75, 3.05) is 6.61 Å². The largest absolute Gasteiger partial charge is 0.324 e. The quantitative estimate of drug-likeness (QED) is 0.593. The molecular weight excluding hydrogens is 236 g/mol. The molecule has 96 valence electrons. The van der Waals surface area contributed by atoms with E-state index < -0.39 is 5.66 Å². The molecular formula is C12H14N2O4. The van der Waals surface area contributed by atoms with E-state index in [4.69, 9.17) is 9.68 Å². The van der Waals surface area contributed by atoms with Crippen LogP contribution in [0.5, 0.6) is 0 Å². The van der Waals surface area contributed by atoms with Crippen molar-refractivity contribution in [2.24, 2.45) is 0 Å². The Morgan fingerprint density at radius 2 is 2.17 bits per heavy atom. The third kappa shape index (κ3) is 1.69. The average molecular weight is 250 g/mol. The Labute approximate surface area is 104 Å². The van der Waals surface area contributed by atoms with Crippen LogP contribution in [0.2, 0.25) is 0 Å². The lowest BCUT2D eigenvalue weighted by atomic mass is 9.95. The summed E-state index contributed by atoms with van der Waals surface area (Å²) in [4.78, 5) is 21.9. The van der Waals surface area contributed by atoms with Crippen molar-refractivity contribution in [2.45, 2.75) is 31.0 Å². The van der Waals surface area contributed by atoms with Gasteiger partial charge in [0.1, 0.15) is 6.10 Å². The van der Waals surface area contributed by atoms with E-state index in [-0.39, 0.29) is 11.0 Å². The highest BCUT2D eigenvalue weighted by Crippen LogP contribution is 2.45. The smallest absolute Gasteiger partial charge is 0.268 e. The molecule has 2 fully saturated rings. The van der Waals surface area contributed by atoms with Crippen LogP contribution in [0.4, 0.5) is 0 Å². The number of hydrogen-bond donors (Lipinski definition) is 0. The highest BCUT2D eigenvalue weighted by Gasteiger charge is 2.60. The van der Waals surface area contributed by atoms with E-state index in [0.29, 0.717) is 25.9 Å². The average Bonchev–Trinajstić information content (AvgIpc) is 2.80. The molecule has 6 nitrogen and oxygen atoms in total. The Morgan fingerprint density at radius 3 is 2.83 bits per heavy atom. The lowest BCUT2D eigenvalue weighted by Crippen LogP contribution is -2.52. The molecule has 0 aliphatic carbocycles. The molecule has 0 amide bonds. The maximum absolute atomic E-state index is 11.3. The van der Waals surface area contributed by atoms with Crippen molar-refractivity contribution in [3.8, 4) is 0 Å². The second-order valence-corrected chi connectivity index (χ2v) is 4.64. The molecule has 18 heavy (non-hydrogen) atoms. The molecule has 0 spiro atoms. The van der Waals surface area contributed by atoms with E-state index in [0.717, 1.165) is 10.8 Å². The van der Waals surface area contributed by atoms with Gasteiger partial charge in [0.15, 0.2) is 0 Å². The summed E-state index contributed by atoms with van der Waals surface area (Å²) < 4.78 is 0. The fraction of sp³-hybridized carbons (Fsp3) is 0.500. The van der Waals surface area contributed by atoms with Crippen molar-refractivity contribution >= 4 is 0 Å². The molecule has 2 atom stereocenters. The number of nitro groups is 1. The summed E-state index contributed by atoms with van der Waals surface area (Å²) in [5.74, 6) is 0. The van der Waals surface area contributed by atoms with Crippen molar-refractivity contribution < 1.29 is 14.6 Å².